The van der Waals surface area contributed by atoms with Crippen molar-refractivity contribution in [2.24, 2.45) is 0 Å². The Balaban J connectivity index is 1.92. The molecule has 2 N–H and O–H groups in total. The number of amides is 1. The lowest BCUT2D eigenvalue weighted by atomic mass is 10.1. The maximum Gasteiger partial charge on any atom is 0.347 e. The lowest BCUT2D eigenvalue weighted by Gasteiger charge is -2.07. The van der Waals surface area contributed by atoms with Gasteiger partial charge in [-0.15, -0.1) is 0 Å². The summed E-state index contributed by atoms with van der Waals surface area (Å²) >= 11 is 0. The zero-order chi connectivity index (χ0) is 14.4. The van der Waals surface area contributed by atoms with Gasteiger partial charge in [0.15, 0.2) is 0 Å². The zero-order valence-electron chi connectivity index (χ0n) is 10.8. The number of aliphatic hydroxyl groups is 1. The third kappa shape index (κ3) is 3.76. The molecule has 1 aromatic heterocycles. The summed E-state index contributed by atoms with van der Waals surface area (Å²) in [5.74, 6) is -0.269. The molecular formula is C14H15N3O3. The molecule has 1 heterocycles. The summed E-state index contributed by atoms with van der Waals surface area (Å²) in [4.78, 5) is 26.7. The normalized spacial score (nSPS) is 10.2. The predicted octanol–water partition coefficient (Wildman–Crippen LogP) is 0.0520. The first-order valence-electron chi connectivity index (χ1n) is 6.16. The maximum atomic E-state index is 11.7. The van der Waals surface area contributed by atoms with Gasteiger partial charge in [0.2, 0.25) is 5.91 Å². The number of nitrogens with one attached hydrogen (secondary N) is 1. The van der Waals surface area contributed by atoms with E-state index in [2.05, 4.69) is 10.3 Å². The van der Waals surface area contributed by atoms with E-state index in [4.69, 9.17) is 5.11 Å². The number of carbonyl (C=O) groups excluding carboxylic acids is 1. The van der Waals surface area contributed by atoms with Crippen molar-refractivity contribution in [1.82, 2.24) is 14.9 Å². The van der Waals surface area contributed by atoms with Crippen LogP contribution in [0, 0.1) is 0 Å². The fourth-order valence-electron chi connectivity index (χ4n) is 1.76. The minimum Gasteiger partial charge on any atom is -0.392 e. The van der Waals surface area contributed by atoms with Crippen LogP contribution >= 0.6 is 0 Å². The van der Waals surface area contributed by atoms with Crippen molar-refractivity contribution in [1.29, 1.82) is 0 Å². The molecule has 0 aliphatic carbocycles. The monoisotopic (exact) mass is 273 g/mol. The molecule has 0 atom stereocenters. The first-order valence-corrected chi connectivity index (χ1v) is 6.16. The summed E-state index contributed by atoms with van der Waals surface area (Å²) < 4.78 is 1.24. The van der Waals surface area contributed by atoms with Gasteiger partial charge in [0, 0.05) is 18.9 Å². The van der Waals surface area contributed by atoms with E-state index < -0.39 is 5.69 Å². The van der Waals surface area contributed by atoms with E-state index in [1.165, 1.54) is 17.0 Å². The Labute approximate surface area is 115 Å². The van der Waals surface area contributed by atoms with Gasteiger partial charge in [0.05, 0.1) is 6.61 Å². The molecule has 0 aliphatic heterocycles. The second-order valence-corrected chi connectivity index (χ2v) is 4.28. The Morgan fingerprint density at radius 1 is 1.30 bits per heavy atom. The van der Waals surface area contributed by atoms with E-state index in [0.29, 0.717) is 6.54 Å². The quantitative estimate of drug-likeness (QED) is 0.806. The lowest BCUT2D eigenvalue weighted by molar-refractivity contribution is -0.121. The highest BCUT2D eigenvalue weighted by Crippen LogP contribution is 2.04. The second kappa shape index (κ2) is 6.63. The molecule has 0 radical (unpaired) electrons. The standard InChI is InChI=1S/C14H15N3O3/c18-10-12-4-1-3-11(7-12)8-16-13(19)9-17-6-2-5-15-14(17)20/h1-7,18H,8-10H2,(H,16,19). The summed E-state index contributed by atoms with van der Waals surface area (Å²) in [5, 5.41) is 11.8. The molecule has 0 fully saturated rings. The average Bonchev–Trinajstić information content (AvgIpc) is 2.48. The van der Waals surface area contributed by atoms with Crippen molar-refractivity contribution >= 4 is 5.91 Å². The van der Waals surface area contributed by atoms with Gasteiger partial charge in [-0.05, 0) is 17.2 Å². The second-order valence-electron chi connectivity index (χ2n) is 4.28. The van der Waals surface area contributed by atoms with Crippen LogP contribution in [0.15, 0.2) is 47.5 Å². The van der Waals surface area contributed by atoms with Gasteiger partial charge >= 0.3 is 5.69 Å². The summed E-state index contributed by atoms with van der Waals surface area (Å²) in [7, 11) is 0. The average molecular weight is 273 g/mol. The van der Waals surface area contributed by atoms with Crippen molar-refractivity contribution in [2.45, 2.75) is 19.7 Å². The molecular weight excluding hydrogens is 258 g/mol. The predicted molar refractivity (Wildman–Crippen MR) is 72.7 cm³/mol. The van der Waals surface area contributed by atoms with Crippen LogP contribution in [0.4, 0.5) is 0 Å². The highest BCUT2D eigenvalue weighted by Gasteiger charge is 2.04. The van der Waals surface area contributed by atoms with Crippen molar-refractivity contribution < 1.29 is 9.90 Å². The van der Waals surface area contributed by atoms with E-state index in [9.17, 15) is 9.59 Å². The Kier molecular flexibility index (Phi) is 4.62. The van der Waals surface area contributed by atoms with Crippen molar-refractivity contribution in [2.75, 3.05) is 0 Å². The number of aliphatic hydroxyl groups excluding tert-OH is 1. The molecule has 0 bridgehead atoms. The van der Waals surface area contributed by atoms with Crippen LogP contribution in [-0.4, -0.2) is 20.6 Å². The van der Waals surface area contributed by atoms with Crippen LogP contribution < -0.4 is 11.0 Å². The van der Waals surface area contributed by atoms with E-state index in [0.717, 1.165) is 11.1 Å². The molecule has 0 spiro atoms. The van der Waals surface area contributed by atoms with Crippen LogP contribution in [0.2, 0.25) is 0 Å². The Bertz CT molecular complexity index is 652. The number of hydrogen-bond donors (Lipinski definition) is 2. The third-order valence-electron chi connectivity index (χ3n) is 2.76. The van der Waals surface area contributed by atoms with Crippen molar-refractivity contribution in [3.63, 3.8) is 0 Å². The number of hydrogen-bond acceptors (Lipinski definition) is 4. The van der Waals surface area contributed by atoms with E-state index in [1.807, 2.05) is 18.2 Å². The highest BCUT2D eigenvalue weighted by atomic mass is 16.3. The summed E-state index contributed by atoms with van der Waals surface area (Å²) in [5.41, 5.74) is 1.23. The van der Waals surface area contributed by atoms with E-state index in [1.54, 1.807) is 12.1 Å². The Morgan fingerprint density at radius 3 is 2.85 bits per heavy atom. The van der Waals surface area contributed by atoms with Gasteiger partial charge in [-0.25, -0.2) is 9.78 Å². The molecule has 104 valence electrons. The van der Waals surface area contributed by atoms with Crippen molar-refractivity contribution in [3.8, 4) is 0 Å². The first-order chi connectivity index (χ1) is 9.69. The van der Waals surface area contributed by atoms with Gasteiger partial charge in [-0.3, -0.25) is 9.36 Å². The molecule has 0 unspecified atom stereocenters. The number of carbonyl (C=O) groups is 1. The zero-order valence-corrected chi connectivity index (χ0v) is 10.8. The molecule has 0 aliphatic rings. The fourth-order valence-corrected chi connectivity index (χ4v) is 1.76. The summed E-state index contributed by atoms with van der Waals surface area (Å²) in [6.07, 6.45) is 2.90. The molecule has 1 amide bonds. The third-order valence-corrected chi connectivity index (χ3v) is 2.76. The number of nitrogens with zero attached hydrogens (tertiary/aromatic N) is 2. The summed E-state index contributed by atoms with van der Waals surface area (Å²) in [6.45, 7) is 0.251. The number of benzene rings is 1. The molecule has 6 nitrogen and oxygen atoms in total. The molecule has 2 aromatic rings. The summed E-state index contributed by atoms with van der Waals surface area (Å²) in [6, 6.07) is 8.89. The Hall–Kier alpha value is -2.47. The molecule has 1 aromatic carbocycles. The largest absolute Gasteiger partial charge is 0.392 e. The fraction of sp³-hybridized carbons (Fsp3) is 0.214. The van der Waals surface area contributed by atoms with Crippen LogP contribution in [0.3, 0.4) is 0 Å². The number of aromatic nitrogens is 2. The van der Waals surface area contributed by atoms with Crippen LogP contribution in [0.25, 0.3) is 0 Å². The van der Waals surface area contributed by atoms with Gasteiger partial charge in [0.25, 0.3) is 0 Å². The molecule has 6 heteroatoms. The smallest absolute Gasteiger partial charge is 0.347 e. The van der Waals surface area contributed by atoms with Crippen LogP contribution in [0.5, 0.6) is 0 Å². The van der Waals surface area contributed by atoms with Crippen molar-refractivity contribution in [3.05, 3.63) is 64.3 Å². The maximum absolute atomic E-state index is 11.7. The van der Waals surface area contributed by atoms with E-state index in [-0.39, 0.29) is 19.1 Å². The SMILES string of the molecule is O=C(Cn1cccnc1=O)NCc1cccc(CO)c1. The first kappa shape index (κ1) is 14.0. The van der Waals surface area contributed by atoms with E-state index >= 15 is 0 Å². The highest BCUT2D eigenvalue weighted by molar-refractivity contribution is 5.75. The van der Waals surface area contributed by atoms with Gasteiger partial charge in [0.1, 0.15) is 6.54 Å². The van der Waals surface area contributed by atoms with Gasteiger partial charge in [-0.2, -0.15) is 0 Å². The molecule has 20 heavy (non-hydrogen) atoms. The van der Waals surface area contributed by atoms with Gasteiger partial charge < -0.3 is 10.4 Å². The van der Waals surface area contributed by atoms with Crippen LogP contribution in [0.1, 0.15) is 11.1 Å². The van der Waals surface area contributed by atoms with Gasteiger partial charge in [-0.1, -0.05) is 24.3 Å². The molecule has 0 saturated heterocycles. The molecule has 2 rings (SSSR count). The topological polar surface area (TPSA) is 84.2 Å². The number of rotatable bonds is 5. The molecule has 0 saturated carbocycles. The Morgan fingerprint density at radius 2 is 2.10 bits per heavy atom. The lowest BCUT2D eigenvalue weighted by Crippen LogP contribution is -2.32. The van der Waals surface area contributed by atoms with Crippen LogP contribution in [-0.2, 0) is 24.5 Å². The minimum absolute atomic E-state index is 0.0349. The minimum atomic E-state index is -0.454.